The molecule has 0 atom stereocenters. The molecule has 94 valence electrons. The zero-order chi connectivity index (χ0) is 13.0. The van der Waals surface area contributed by atoms with E-state index < -0.39 is 0 Å². The minimum absolute atomic E-state index is 0.169. The van der Waals surface area contributed by atoms with Crippen LogP contribution < -0.4 is 5.32 Å². The third-order valence-corrected chi connectivity index (χ3v) is 2.56. The Bertz CT molecular complexity index is 551. The van der Waals surface area contributed by atoms with Crippen molar-refractivity contribution in [2.45, 2.75) is 12.8 Å². The molecule has 0 bridgehead atoms. The number of aromatic nitrogens is 2. The highest BCUT2D eigenvalue weighted by atomic mass is 19.1. The van der Waals surface area contributed by atoms with Gasteiger partial charge in [-0.2, -0.15) is 5.10 Å². The Kier molecular flexibility index (Phi) is 3.72. The molecule has 0 aliphatic rings. The Morgan fingerprint density at radius 1 is 1.39 bits per heavy atom. The molecule has 1 amide bonds. The second kappa shape index (κ2) is 5.44. The number of hydrogen-bond acceptors (Lipinski definition) is 2. The molecule has 1 aromatic carbocycles. The number of anilines is 1. The van der Waals surface area contributed by atoms with Gasteiger partial charge in [-0.05, 0) is 18.1 Å². The van der Waals surface area contributed by atoms with E-state index in [1.807, 2.05) is 0 Å². The summed E-state index contributed by atoms with van der Waals surface area (Å²) in [5.74, 6) is 0.0659. The van der Waals surface area contributed by atoms with Crippen molar-refractivity contribution in [2.24, 2.45) is 7.05 Å². The number of hydrogen-bond donors (Lipinski definition) is 1. The van der Waals surface area contributed by atoms with Crippen molar-refractivity contribution in [2.75, 3.05) is 5.32 Å². The van der Waals surface area contributed by atoms with Crippen LogP contribution in [0.25, 0.3) is 0 Å². The number of rotatable bonds is 4. The van der Waals surface area contributed by atoms with Crippen LogP contribution in [0.1, 0.15) is 12.0 Å². The summed E-state index contributed by atoms with van der Waals surface area (Å²) in [6.07, 6.45) is 2.36. The molecular weight excluding hydrogens is 233 g/mol. The van der Waals surface area contributed by atoms with Crippen LogP contribution in [0.15, 0.2) is 36.5 Å². The minimum Gasteiger partial charge on any atom is -0.309 e. The van der Waals surface area contributed by atoms with Crippen LogP contribution in [-0.4, -0.2) is 15.7 Å². The van der Waals surface area contributed by atoms with E-state index in [9.17, 15) is 9.18 Å². The number of nitrogens with one attached hydrogen (secondary N) is 1. The van der Waals surface area contributed by atoms with E-state index in [4.69, 9.17) is 0 Å². The molecule has 0 aliphatic carbocycles. The van der Waals surface area contributed by atoms with Crippen LogP contribution in [0, 0.1) is 5.82 Å². The summed E-state index contributed by atoms with van der Waals surface area (Å²) in [6.45, 7) is 0. The fraction of sp³-hybridized carbons (Fsp3) is 0.231. The third-order valence-electron chi connectivity index (χ3n) is 2.56. The second-order valence-corrected chi connectivity index (χ2v) is 4.01. The van der Waals surface area contributed by atoms with Gasteiger partial charge in [0, 0.05) is 25.7 Å². The first-order valence-corrected chi connectivity index (χ1v) is 5.68. The van der Waals surface area contributed by atoms with E-state index in [-0.39, 0.29) is 18.1 Å². The Labute approximate surface area is 104 Å². The lowest BCUT2D eigenvalue weighted by Gasteiger charge is -2.03. The normalized spacial score (nSPS) is 10.3. The van der Waals surface area contributed by atoms with Gasteiger partial charge >= 0.3 is 0 Å². The van der Waals surface area contributed by atoms with Gasteiger partial charge in [0.05, 0.1) is 0 Å². The highest BCUT2D eigenvalue weighted by molar-refractivity contribution is 5.89. The van der Waals surface area contributed by atoms with Gasteiger partial charge in [-0.1, -0.05) is 18.2 Å². The second-order valence-electron chi connectivity index (χ2n) is 4.01. The van der Waals surface area contributed by atoms with Gasteiger partial charge in [0.25, 0.3) is 0 Å². The van der Waals surface area contributed by atoms with Gasteiger partial charge in [0.2, 0.25) is 5.91 Å². The third kappa shape index (κ3) is 3.16. The Morgan fingerprint density at radius 3 is 2.83 bits per heavy atom. The zero-order valence-electron chi connectivity index (χ0n) is 10.1. The molecule has 2 rings (SSSR count). The van der Waals surface area contributed by atoms with Gasteiger partial charge in [-0.3, -0.25) is 9.48 Å². The monoisotopic (exact) mass is 247 g/mol. The molecule has 1 heterocycles. The van der Waals surface area contributed by atoms with Crippen LogP contribution in [0.5, 0.6) is 0 Å². The van der Waals surface area contributed by atoms with E-state index in [1.54, 1.807) is 42.2 Å². The Balaban J connectivity index is 1.87. The Hall–Kier alpha value is -2.17. The largest absolute Gasteiger partial charge is 0.309 e. The first kappa shape index (κ1) is 12.3. The number of benzene rings is 1. The van der Waals surface area contributed by atoms with Crippen molar-refractivity contribution < 1.29 is 9.18 Å². The van der Waals surface area contributed by atoms with Crippen molar-refractivity contribution in [1.82, 2.24) is 9.78 Å². The Morgan fingerprint density at radius 2 is 2.17 bits per heavy atom. The van der Waals surface area contributed by atoms with Crippen LogP contribution in [0.2, 0.25) is 0 Å². The quantitative estimate of drug-likeness (QED) is 0.899. The van der Waals surface area contributed by atoms with Crippen molar-refractivity contribution in [3.05, 3.63) is 47.9 Å². The summed E-state index contributed by atoms with van der Waals surface area (Å²) in [4.78, 5) is 11.6. The lowest BCUT2D eigenvalue weighted by atomic mass is 10.1. The highest BCUT2D eigenvalue weighted by Crippen LogP contribution is 2.09. The van der Waals surface area contributed by atoms with Crippen molar-refractivity contribution in [3.8, 4) is 0 Å². The van der Waals surface area contributed by atoms with Crippen LogP contribution in [-0.2, 0) is 18.3 Å². The van der Waals surface area contributed by atoms with Crippen LogP contribution in [0.4, 0.5) is 10.2 Å². The maximum Gasteiger partial charge on any atom is 0.225 e. The fourth-order valence-electron chi connectivity index (χ4n) is 1.64. The molecule has 5 heteroatoms. The molecule has 0 fully saturated rings. The fourth-order valence-corrected chi connectivity index (χ4v) is 1.64. The molecule has 0 spiro atoms. The van der Waals surface area contributed by atoms with E-state index in [1.165, 1.54) is 6.07 Å². The SMILES string of the molecule is Cn1ccc(NC(=O)CCc2ccccc2F)n1. The standard InChI is InChI=1S/C13H14FN3O/c1-17-9-8-12(16-17)15-13(18)7-6-10-4-2-3-5-11(10)14/h2-5,8-9H,6-7H2,1H3,(H,15,16,18). The summed E-state index contributed by atoms with van der Waals surface area (Å²) in [5.41, 5.74) is 0.550. The average molecular weight is 247 g/mol. The first-order valence-electron chi connectivity index (χ1n) is 5.68. The molecule has 0 aliphatic heterocycles. The average Bonchev–Trinajstić information content (AvgIpc) is 2.74. The molecule has 18 heavy (non-hydrogen) atoms. The lowest BCUT2D eigenvalue weighted by Crippen LogP contribution is -2.13. The maximum atomic E-state index is 13.3. The summed E-state index contributed by atoms with van der Waals surface area (Å²) in [6, 6.07) is 8.18. The molecule has 0 saturated carbocycles. The van der Waals surface area contributed by atoms with Crippen molar-refractivity contribution >= 4 is 11.7 Å². The number of carbonyl (C=O) groups is 1. The summed E-state index contributed by atoms with van der Waals surface area (Å²) in [5, 5.41) is 6.69. The van der Waals surface area contributed by atoms with Gasteiger partial charge in [0.15, 0.2) is 5.82 Å². The number of aryl methyl sites for hydroxylation is 2. The maximum absolute atomic E-state index is 13.3. The highest BCUT2D eigenvalue weighted by Gasteiger charge is 2.07. The summed E-state index contributed by atoms with van der Waals surface area (Å²) in [7, 11) is 1.77. The minimum atomic E-state index is -0.275. The van der Waals surface area contributed by atoms with Crippen molar-refractivity contribution in [1.29, 1.82) is 0 Å². The van der Waals surface area contributed by atoms with Gasteiger partial charge in [-0.15, -0.1) is 0 Å². The van der Waals surface area contributed by atoms with E-state index in [2.05, 4.69) is 10.4 Å². The number of amides is 1. The molecule has 1 N–H and O–H groups in total. The first-order chi connectivity index (χ1) is 8.65. The number of halogens is 1. The summed E-state index contributed by atoms with van der Waals surface area (Å²) < 4.78 is 14.9. The molecule has 2 aromatic rings. The topological polar surface area (TPSA) is 46.9 Å². The molecule has 1 aromatic heterocycles. The predicted octanol–water partition coefficient (Wildman–Crippen LogP) is 2.13. The molecule has 0 radical (unpaired) electrons. The van der Waals surface area contributed by atoms with Gasteiger partial charge in [-0.25, -0.2) is 4.39 Å². The lowest BCUT2D eigenvalue weighted by molar-refractivity contribution is -0.116. The molecular formula is C13H14FN3O. The number of nitrogens with zero attached hydrogens (tertiary/aromatic N) is 2. The zero-order valence-corrected chi connectivity index (χ0v) is 10.1. The van der Waals surface area contributed by atoms with Crippen molar-refractivity contribution in [3.63, 3.8) is 0 Å². The van der Waals surface area contributed by atoms with E-state index in [0.717, 1.165) is 0 Å². The molecule has 0 saturated heterocycles. The molecule has 0 unspecified atom stereocenters. The van der Waals surface area contributed by atoms with E-state index in [0.29, 0.717) is 17.8 Å². The van der Waals surface area contributed by atoms with Gasteiger partial charge in [0.1, 0.15) is 5.82 Å². The predicted molar refractivity (Wildman–Crippen MR) is 66.6 cm³/mol. The van der Waals surface area contributed by atoms with Crippen LogP contribution >= 0.6 is 0 Å². The van der Waals surface area contributed by atoms with Crippen LogP contribution in [0.3, 0.4) is 0 Å². The smallest absolute Gasteiger partial charge is 0.225 e. The number of carbonyl (C=O) groups excluding carboxylic acids is 1. The van der Waals surface area contributed by atoms with E-state index >= 15 is 0 Å². The molecule has 4 nitrogen and oxygen atoms in total. The summed E-state index contributed by atoms with van der Waals surface area (Å²) >= 11 is 0. The van der Waals surface area contributed by atoms with Gasteiger partial charge < -0.3 is 5.32 Å².